The first-order chi connectivity index (χ1) is 10.8. The number of aromatic nitrogens is 3. The van der Waals surface area contributed by atoms with Gasteiger partial charge in [-0.05, 0) is 32.1 Å². The number of carbonyl (C=O) groups is 1. The molecule has 0 spiro atoms. The number of thioether (sulfide) groups is 1. The number of amides is 1. The van der Waals surface area contributed by atoms with Crippen LogP contribution in [0.1, 0.15) is 62.6 Å². The third kappa shape index (κ3) is 3.16. The third-order valence-electron chi connectivity index (χ3n) is 5.16. The van der Waals surface area contributed by atoms with Crippen molar-refractivity contribution in [3.05, 3.63) is 11.9 Å². The molecule has 3 fully saturated rings. The fourth-order valence-electron chi connectivity index (χ4n) is 3.55. The molecule has 1 aliphatic heterocycles. The van der Waals surface area contributed by atoms with Gasteiger partial charge < -0.3 is 4.90 Å². The number of carbonyl (C=O) groups excluding carboxylic acids is 1. The first-order valence-electron chi connectivity index (χ1n) is 8.60. The minimum Gasteiger partial charge on any atom is -0.340 e. The van der Waals surface area contributed by atoms with Crippen molar-refractivity contribution >= 4 is 17.7 Å². The van der Waals surface area contributed by atoms with Crippen LogP contribution in [0.15, 0.2) is 6.20 Å². The number of hydrogen-bond acceptors (Lipinski definition) is 4. The average Bonchev–Trinajstić information content (AvgIpc) is 3.02. The van der Waals surface area contributed by atoms with Crippen molar-refractivity contribution in [2.75, 3.05) is 18.8 Å². The second-order valence-electron chi connectivity index (χ2n) is 6.90. The highest BCUT2D eigenvalue weighted by Gasteiger charge is 2.31. The smallest absolute Gasteiger partial charge is 0.232 e. The molecule has 3 aliphatic rings. The molecule has 4 rings (SSSR count). The quantitative estimate of drug-likeness (QED) is 0.837. The van der Waals surface area contributed by atoms with Crippen LogP contribution in [0.3, 0.4) is 0 Å². The van der Waals surface area contributed by atoms with Gasteiger partial charge >= 0.3 is 0 Å². The Morgan fingerprint density at radius 1 is 1.23 bits per heavy atom. The van der Waals surface area contributed by atoms with Gasteiger partial charge in [-0.15, -0.1) is 16.9 Å². The molecule has 2 heterocycles. The molecule has 1 aromatic rings. The Balaban J connectivity index is 1.28. The molecule has 0 radical (unpaired) electrons. The lowest BCUT2D eigenvalue weighted by atomic mass is 10.2. The summed E-state index contributed by atoms with van der Waals surface area (Å²) in [6.45, 7) is 1.67. The highest BCUT2D eigenvalue weighted by atomic mass is 32.2. The van der Waals surface area contributed by atoms with E-state index >= 15 is 0 Å². The Morgan fingerprint density at radius 3 is 2.82 bits per heavy atom. The van der Waals surface area contributed by atoms with E-state index < -0.39 is 0 Å². The summed E-state index contributed by atoms with van der Waals surface area (Å²) >= 11 is 1.87. The van der Waals surface area contributed by atoms with E-state index in [1.54, 1.807) is 0 Å². The van der Waals surface area contributed by atoms with Gasteiger partial charge in [-0.1, -0.05) is 18.1 Å². The summed E-state index contributed by atoms with van der Waals surface area (Å²) in [5.41, 5.74) is 1.14. The van der Waals surface area contributed by atoms with Gasteiger partial charge in [-0.25, -0.2) is 4.68 Å². The van der Waals surface area contributed by atoms with Crippen LogP contribution in [-0.4, -0.2) is 49.9 Å². The van der Waals surface area contributed by atoms with Crippen LogP contribution >= 0.6 is 11.8 Å². The fraction of sp³-hybridized carbons (Fsp3) is 0.812. The predicted molar refractivity (Wildman–Crippen MR) is 86.9 cm³/mol. The zero-order chi connectivity index (χ0) is 14.9. The summed E-state index contributed by atoms with van der Waals surface area (Å²) in [5.74, 6) is 1.61. The molecule has 0 N–H and O–H groups in total. The van der Waals surface area contributed by atoms with Crippen LogP contribution in [0.5, 0.6) is 0 Å². The maximum Gasteiger partial charge on any atom is 0.232 e. The lowest BCUT2D eigenvalue weighted by Crippen LogP contribution is -2.31. The number of likely N-dealkylation sites (tertiary alicyclic amines) is 1. The van der Waals surface area contributed by atoms with Gasteiger partial charge in [0.25, 0.3) is 0 Å². The summed E-state index contributed by atoms with van der Waals surface area (Å²) in [5, 5.41) is 9.29. The first kappa shape index (κ1) is 14.5. The Hall–Kier alpha value is -1.04. The van der Waals surface area contributed by atoms with E-state index in [0.717, 1.165) is 30.5 Å². The molecular weight excluding hydrogens is 296 g/mol. The molecule has 1 amide bonds. The first-order valence-corrected chi connectivity index (χ1v) is 9.65. The SMILES string of the molecule is O=C(CSC1CCCC1)N1CCC(n2cc(C3CC3)nn2)C1. The Bertz CT molecular complexity index is 536. The molecule has 1 aromatic heterocycles. The largest absolute Gasteiger partial charge is 0.340 e. The molecule has 2 saturated carbocycles. The fourth-order valence-corrected chi connectivity index (χ4v) is 4.78. The summed E-state index contributed by atoms with van der Waals surface area (Å²) < 4.78 is 1.99. The van der Waals surface area contributed by atoms with Gasteiger partial charge in [0, 0.05) is 30.5 Å². The van der Waals surface area contributed by atoms with Crippen molar-refractivity contribution in [1.82, 2.24) is 19.9 Å². The number of nitrogens with zero attached hydrogens (tertiary/aromatic N) is 4. The minimum absolute atomic E-state index is 0.307. The molecule has 1 saturated heterocycles. The topological polar surface area (TPSA) is 51.0 Å². The van der Waals surface area contributed by atoms with Crippen LogP contribution in [0.2, 0.25) is 0 Å². The van der Waals surface area contributed by atoms with Crippen molar-refractivity contribution in [2.45, 2.75) is 62.2 Å². The van der Waals surface area contributed by atoms with E-state index in [0.29, 0.717) is 23.6 Å². The van der Waals surface area contributed by atoms with Crippen molar-refractivity contribution in [2.24, 2.45) is 0 Å². The zero-order valence-corrected chi connectivity index (χ0v) is 13.8. The standard InChI is InChI=1S/C16H24N4OS/c21-16(11-22-14-3-1-2-4-14)19-8-7-13(9-19)20-10-15(17-18-20)12-5-6-12/h10,12-14H,1-9,11H2. The van der Waals surface area contributed by atoms with Crippen LogP contribution < -0.4 is 0 Å². The van der Waals surface area contributed by atoms with Gasteiger partial charge in [-0.2, -0.15) is 0 Å². The maximum atomic E-state index is 12.4. The molecule has 22 heavy (non-hydrogen) atoms. The summed E-state index contributed by atoms with van der Waals surface area (Å²) in [4.78, 5) is 14.4. The van der Waals surface area contributed by atoms with Crippen LogP contribution in [0, 0.1) is 0 Å². The summed E-state index contributed by atoms with van der Waals surface area (Å²) in [6.07, 6.45) is 10.9. The maximum absolute atomic E-state index is 12.4. The molecule has 1 unspecified atom stereocenters. The Morgan fingerprint density at radius 2 is 2.05 bits per heavy atom. The Kier molecular flexibility index (Phi) is 4.11. The molecule has 120 valence electrons. The molecular formula is C16H24N4OS. The highest BCUT2D eigenvalue weighted by molar-refractivity contribution is 8.00. The minimum atomic E-state index is 0.307. The molecule has 5 nitrogen and oxygen atoms in total. The predicted octanol–water partition coefficient (Wildman–Crippen LogP) is 2.60. The lowest BCUT2D eigenvalue weighted by molar-refractivity contribution is -0.127. The average molecular weight is 320 g/mol. The van der Waals surface area contributed by atoms with Crippen molar-refractivity contribution in [3.63, 3.8) is 0 Å². The van der Waals surface area contributed by atoms with Gasteiger partial charge in [0.2, 0.25) is 5.91 Å². The molecule has 6 heteroatoms. The molecule has 0 bridgehead atoms. The molecule has 2 aliphatic carbocycles. The van der Waals surface area contributed by atoms with E-state index in [-0.39, 0.29) is 0 Å². The van der Waals surface area contributed by atoms with Crippen molar-refractivity contribution in [3.8, 4) is 0 Å². The number of hydrogen-bond donors (Lipinski definition) is 0. The van der Waals surface area contributed by atoms with Gasteiger partial charge in [0.05, 0.1) is 17.5 Å². The van der Waals surface area contributed by atoms with Crippen molar-refractivity contribution in [1.29, 1.82) is 0 Å². The molecule has 1 atom stereocenters. The molecule has 0 aromatic carbocycles. The van der Waals surface area contributed by atoms with E-state index in [2.05, 4.69) is 16.5 Å². The number of rotatable bonds is 5. The van der Waals surface area contributed by atoms with E-state index in [1.165, 1.54) is 38.5 Å². The second-order valence-corrected chi connectivity index (χ2v) is 8.19. The summed E-state index contributed by atoms with van der Waals surface area (Å²) in [7, 11) is 0. The van der Waals surface area contributed by atoms with E-state index in [4.69, 9.17) is 0 Å². The highest BCUT2D eigenvalue weighted by Crippen LogP contribution is 2.39. The Labute approximate surface area is 135 Å². The zero-order valence-electron chi connectivity index (χ0n) is 13.0. The van der Waals surface area contributed by atoms with Gasteiger partial charge in [0.1, 0.15) is 0 Å². The van der Waals surface area contributed by atoms with E-state index in [1.807, 2.05) is 21.3 Å². The van der Waals surface area contributed by atoms with Crippen molar-refractivity contribution < 1.29 is 4.79 Å². The van der Waals surface area contributed by atoms with Crippen LogP contribution in [0.25, 0.3) is 0 Å². The van der Waals surface area contributed by atoms with E-state index in [9.17, 15) is 4.79 Å². The lowest BCUT2D eigenvalue weighted by Gasteiger charge is -2.17. The summed E-state index contributed by atoms with van der Waals surface area (Å²) in [6, 6.07) is 0.320. The van der Waals surface area contributed by atoms with Crippen LogP contribution in [0.4, 0.5) is 0 Å². The second kappa shape index (κ2) is 6.22. The normalized spacial score (nSPS) is 26.0. The van der Waals surface area contributed by atoms with Gasteiger partial charge in [-0.3, -0.25) is 4.79 Å². The third-order valence-corrected chi connectivity index (χ3v) is 6.51. The monoisotopic (exact) mass is 320 g/mol. The van der Waals surface area contributed by atoms with Crippen LogP contribution in [-0.2, 0) is 4.79 Å². The van der Waals surface area contributed by atoms with Gasteiger partial charge in [0.15, 0.2) is 0 Å².